The van der Waals surface area contributed by atoms with Crippen LogP contribution in [-0.4, -0.2) is 32.9 Å². The van der Waals surface area contributed by atoms with Crippen molar-refractivity contribution in [2.45, 2.75) is 24.9 Å². The Bertz CT molecular complexity index is 970. The first-order valence-corrected chi connectivity index (χ1v) is 9.37. The Morgan fingerprint density at radius 2 is 1.75 bits per heavy atom. The Morgan fingerprint density at radius 3 is 2.43 bits per heavy atom. The van der Waals surface area contributed by atoms with Crippen LogP contribution in [0.25, 0.3) is 0 Å². The molecule has 1 fully saturated rings. The van der Waals surface area contributed by atoms with Gasteiger partial charge in [-0.2, -0.15) is 0 Å². The van der Waals surface area contributed by atoms with Gasteiger partial charge in [0.25, 0.3) is 0 Å². The van der Waals surface area contributed by atoms with Crippen LogP contribution < -0.4 is 19.5 Å². The lowest BCUT2D eigenvalue weighted by molar-refractivity contribution is -0.136. The maximum absolute atomic E-state index is 12.5. The van der Waals surface area contributed by atoms with Gasteiger partial charge in [-0.3, -0.25) is 0 Å². The molecule has 2 heterocycles. The van der Waals surface area contributed by atoms with E-state index < -0.39 is 0 Å². The molecule has 0 amide bonds. The summed E-state index contributed by atoms with van der Waals surface area (Å²) in [7, 11) is 3.23. The van der Waals surface area contributed by atoms with E-state index in [1.54, 1.807) is 14.2 Å². The number of anilines is 1. The molecule has 0 bridgehead atoms. The highest BCUT2D eigenvalue weighted by molar-refractivity contribution is 5.97. The number of rotatable bonds is 5. The zero-order chi connectivity index (χ0) is 19.3. The third kappa shape index (κ3) is 2.85. The van der Waals surface area contributed by atoms with E-state index in [1.165, 1.54) is 0 Å². The minimum Gasteiger partial charge on any atom is -0.497 e. The molecule has 1 aliphatic carbocycles. The number of esters is 1. The van der Waals surface area contributed by atoms with Crippen LogP contribution in [0.15, 0.2) is 47.7 Å². The molecule has 0 spiro atoms. The molecule has 1 atom stereocenters. The van der Waals surface area contributed by atoms with E-state index in [-0.39, 0.29) is 18.5 Å². The second-order valence-corrected chi connectivity index (χ2v) is 7.24. The number of carbonyl (C=O) groups excluding carboxylic acids is 1. The van der Waals surface area contributed by atoms with Crippen LogP contribution in [0.5, 0.6) is 17.2 Å². The van der Waals surface area contributed by atoms with Gasteiger partial charge >= 0.3 is 5.97 Å². The third-order valence-electron chi connectivity index (χ3n) is 5.34. The fourth-order valence-corrected chi connectivity index (χ4v) is 3.82. The van der Waals surface area contributed by atoms with Crippen LogP contribution in [-0.2, 0) is 9.53 Å². The van der Waals surface area contributed by atoms with Crippen LogP contribution in [0.4, 0.5) is 5.69 Å². The molecular weight excluding hydrogens is 358 g/mol. The summed E-state index contributed by atoms with van der Waals surface area (Å²) in [6.07, 6.45) is 2.54. The molecule has 1 saturated carbocycles. The summed E-state index contributed by atoms with van der Waals surface area (Å²) < 4.78 is 22.1. The molecule has 2 aliphatic heterocycles. The van der Waals surface area contributed by atoms with Gasteiger partial charge in [0.15, 0.2) is 0 Å². The largest absolute Gasteiger partial charge is 0.497 e. The van der Waals surface area contributed by atoms with Crippen molar-refractivity contribution in [2.75, 3.05) is 26.1 Å². The molecule has 5 rings (SSSR count). The molecule has 144 valence electrons. The molecular formula is C22H21NO5. The predicted molar refractivity (Wildman–Crippen MR) is 103 cm³/mol. The first kappa shape index (κ1) is 17.0. The van der Waals surface area contributed by atoms with E-state index >= 15 is 0 Å². The Labute approximate surface area is 163 Å². The highest BCUT2D eigenvalue weighted by atomic mass is 16.5. The number of fused-ring (bicyclic) bond motifs is 1. The first-order valence-electron chi connectivity index (χ1n) is 9.37. The summed E-state index contributed by atoms with van der Waals surface area (Å²) in [4.78, 5) is 12.5. The topological polar surface area (TPSA) is 66.0 Å². The average molecular weight is 379 g/mol. The number of benzene rings is 2. The zero-order valence-electron chi connectivity index (χ0n) is 15.8. The summed E-state index contributed by atoms with van der Waals surface area (Å²) in [5.41, 5.74) is 4.28. The lowest BCUT2D eigenvalue weighted by Gasteiger charge is -2.28. The molecule has 2 aromatic rings. The normalized spacial score (nSPS) is 20.1. The average Bonchev–Trinajstić information content (AvgIpc) is 3.46. The lowest BCUT2D eigenvalue weighted by atomic mass is 9.81. The van der Waals surface area contributed by atoms with Crippen molar-refractivity contribution in [1.29, 1.82) is 0 Å². The molecule has 0 radical (unpaired) electrons. The van der Waals surface area contributed by atoms with Crippen molar-refractivity contribution in [3.05, 3.63) is 58.8 Å². The number of hydrogen-bond acceptors (Lipinski definition) is 6. The van der Waals surface area contributed by atoms with E-state index in [1.807, 2.05) is 36.4 Å². The van der Waals surface area contributed by atoms with Gasteiger partial charge in [-0.25, -0.2) is 4.79 Å². The van der Waals surface area contributed by atoms with Gasteiger partial charge in [-0.1, -0.05) is 6.07 Å². The fourth-order valence-electron chi connectivity index (χ4n) is 3.82. The van der Waals surface area contributed by atoms with E-state index in [4.69, 9.17) is 18.9 Å². The van der Waals surface area contributed by atoms with Crippen molar-refractivity contribution >= 4 is 11.7 Å². The van der Waals surface area contributed by atoms with E-state index in [0.717, 1.165) is 41.1 Å². The Morgan fingerprint density at radius 1 is 1.00 bits per heavy atom. The molecule has 0 aromatic heterocycles. The molecule has 6 nitrogen and oxygen atoms in total. The monoisotopic (exact) mass is 379 g/mol. The van der Waals surface area contributed by atoms with Crippen LogP contribution in [0.3, 0.4) is 0 Å². The predicted octanol–water partition coefficient (Wildman–Crippen LogP) is 3.61. The summed E-state index contributed by atoms with van der Waals surface area (Å²) in [5, 5.41) is 3.37. The second-order valence-electron chi connectivity index (χ2n) is 7.24. The second kappa shape index (κ2) is 6.48. The highest BCUT2D eigenvalue weighted by Crippen LogP contribution is 2.46. The maximum atomic E-state index is 12.5. The van der Waals surface area contributed by atoms with Crippen molar-refractivity contribution in [3.63, 3.8) is 0 Å². The Hall–Kier alpha value is -3.15. The van der Waals surface area contributed by atoms with Crippen molar-refractivity contribution in [1.82, 2.24) is 0 Å². The molecule has 28 heavy (non-hydrogen) atoms. The van der Waals surface area contributed by atoms with Gasteiger partial charge in [-0.15, -0.1) is 0 Å². The highest BCUT2D eigenvalue weighted by Gasteiger charge is 2.39. The number of ether oxygens (including phenoxy) is 4. The summed E-state index contributed by atoms with van der Waals surface area (Å²) >= 11 is 0. The van der Waals surface area contributed by atoms with Crippen LogP contribution in [0.1, 0.15) is 29.9 Å². The van der Waals surface area contributed by atoms with Gasteiger partial charge in [0.2, 0.25) is 0 Å². The number of carbonyl (C=O) groups is 1. The minimum absolute atomic E-state index is 0.249. The summed E-state index contributed by atoms with van der Waals surface area (Å²) in [5.74, 6) is 1.64. The lowest BCUT2D eigenvalue weighted by Crippen LogP contribution is -2.20. The van der Waals surface area contributed by atoms with Crippen molar-refractivity contribution in [2.24, 2.45) is 0 Å². The third-order valence-corrected chi connectivity index (χ3v) is 5.34. The van der Waals surface area contributed by atoms with Crippen LogP contribution in [0.2, 0.25) is 0 Å². The number of cyclic esters (lactones) is 1. The smallest absolute Gasteiger partial charge is 0.337 e. The number of methoxy groups -OCH3 is 2. The Balaban J connectivity index is 1.64. The van der Waals surface area contributed by atoms with E-state index in [2.05, 4.69) is 5.32 Å². The molecule has 1 N–H and O–H groups in total. The van der Waals surface area contributed by atoms with E-state index in [9.17, 15) is 4.79 Å². The standard InChI is InChI=1S/C22H21NO5/c1-25-15-7-12(8-16(9-15)26-2)20-17-6-5-14(28-13-3-4-13)10-18(17)23-19-11-27-22(24)21(19)20/h5-10,13,20,23H,3-4,11H2,1-2H3. The van der Waals surface area contributed by atoms with Crippen LogP contribution in [0, 0.1) is 0 Å². The van der Waals surface area contributed by atoms with E-state index in [0.29, 0.717) is 23.2 Å². The molecule has 2 aromatic carbocycles. The van der Waals surface area contributed by atoms with Gasteiger partial charge in [0.05, 0.1) is 31.6 Å². The fraction of sp³-hybridized carbons (Fsp3) is 0.318. The Kier molecular flexibility index (Phi) is 3.93. The molecule has 6 heteroatoms. The summed E-state index contributed by atoms with van der Waals surface area (Å²) in [6.45, 7) is 0.249. The SMILES string of the molecule is COc1cc(OC)cc(C2C3=C(COC3=O)Nc3cc(OC4CC4)ccc32)c1. The minimum atomic E-state index is -0.293. The van der Waals surface area contributed by atoms with Crippen molar-refractivity contribution in [3.8, 4) is 17.2 Å². The number of hydrogen-bond donors (Lipinski definition) is 1. The van der Waals surface area contributed by atoms with Gasteiger partial charge in [0, 0.05) is 23.7 Å². The molecule has 0 saturated heterocycles. The van der Waals surface area contributed by atoms with Gasteiger partial charge in [-0.05, 0) is 42.2 Å². The summed E-state index contributed by atoms with van der Waals surface area (Å²) in [6, 6.07) is 11.7. The molecule has 1 unspecified atom stereocenters. The maximum Gasteiger partial charge on any atom is 0.337 e. The first-order chi connectivity index (χ1) is 13.7. The quantitative estimate of drug-likeness (QED) is 0.801. The van der Waals surface area contributed by atoms with Gasteiger partial charge < -0.3 is 24.3 Å². The van der Waals surface area contributed by atoms with Gasteiger partial charge in [0.1, 0.15) is 23.9 Å². The van der Waals surface area contributed by atoms with Crippen molar-refractivity contribution < 1.29 is 23.7 Å². The van der Waals surface area contributed by atoms with Crippen LogP contribution >= 0.6 is 0 Å². The zero-order valence-corrected chi connectivity index (χ0v) is 15.8. The molecule has 3 aliphatic rings. The number of nitrogens with one attached hydrogen (secondary N) is 1.